The molecular weight excluding hydrogens is 510 g/mol. The van der Waals surface area contributed by atoms with E-state index in [0.717, 1.165) is 54.8 Å². The molecule has 206 valence electrons. The minimum absolute atomic E-state index is 0.0244. The smallest absolute Gasteiger partial charge is 0.257 e. The highest BCUT2D eigenvalue weighted by Crippen LogP contribution is 2.28. The number of imidazole rings is 1. The maximum Gasteiger partial charge on any atom is 0.257 e. The van der Waals surface area contributed by atoms with E-state index in [-0.39, 0.29) is 12.5 Å². The van der Waals surface area contributed by atoms with E-state index in [1.165, 1.54) is 11.1 Å². The summed E-state index contributed by atoms with van der Waals surface area (Å²) in [4.78, 5) is 17.1. The lowest BCUT2D eigenvalue weighted by Gasteiger charge is -2.15. The zero-order valence-corrected chi connectivity index (χ0v) is 23.8. The van der Waals surface area contributed by atoms with Crippen LogP contribution in [0.2, 0.25) is 5.02 Å². The number of unbranched alkanes of at least 4 members (excludes halogenated alkanes) is 1. The Kier molecular flexibility index (Phi) is 10.3. The summed E-state index contributed by atoms with van der Waals surface area (Å²) < 4.78 is 14.0. The molecule has 0 fully saturated rings. The Morgan fingerprint density at radius 3 is 2.59 bits per heavy atom. The number of nitrogens with zero attached hydrogens (tertiary/aromatic N) is 2. The van der Waals surface area contributed by atoms with Gasteiger partial charge in [-0.3, -0.25) is 4.79 Å². The summed E-state index contributed by atoms with van der Waals surface area (Å²) in [7, 11) is 0. The van der Waals surface area contributed by atoms with Gasteiger partial charge in [-0.2, -0.15) is 0 Å². The van der Waals surface area contributed by atoms with Gasteiger partial charge in [-0.15, -0.1) is 0 Å². The van der Waals surface area contributed by atoms with Crippen LogP contribution >= 0.6 is 11.6 Å². The van der Waals surface area contributed by atoms with E-state index in [2.05, 4.69) is 67.1 Å². The molecule has 1 amide bonds. The average Bonchev–Trinajstić information content (AvgIpc) is 3.27. The number of carbonyl (C=O) groups excluding carboxylic acids is 1. The summed E-state index contributed by atoms with van der Waals surface area (Å²) in [6.07, 6.45) is 3.53. The number of nitrogens with one attached hydrogen (secondary N) is 1. The number of ether oxygens (including phenoxy) is 2. The number of para-hydroxylation sites is 2. The van der Waals surface area contributed by atoms with Gasteiger partial charge in [0, 0.05) is 24.5 Å². The molecule has 1 heterocycles. The van der Waals surface area contributed by atoms with Crippen LogP contribution < -0.4 is 14.8 Å². The van der Waals surface area contributed by atoms with Gasteiger partial charge in [0.05, 0.1) is 17.6 Å². The number of aryl methyl sites for hydroxylation is 3. The highest BCUT2D eigenvalue weighted by Gasteiger charge is 2.12. The zero-order valence-electron chi connectivity index (χ0n) is 23.1. The van der Waals surface area contributed by atoms with Gasteiger partial charge < -0.3 is 19.4 Å². The van der Waals surface area contributed by atoms with Crippen molar-refractivity contribution >= 4 is 28.5 Å². The molecule has 0 atom stereocenters. The Morgan fingerprint density at radius 2 is 1.79 bits per heavy atom. The predicted molar refractivity (Wildman–Crippen MR) is 158 cm³/mol. The molecule has 1 aromatic heterocycles. The molecule has 0 spiro atoms. The van der Waals surface area contributed by atoms with E-state index in [0.29, 0.717) is 29.8 Å². The summed E-state index contributed by atoms with van der Waals surface area (Å²) >= 11 is 5.88. The quantitative estimate of drug-likeness (QED) is 0.171. The van der Waals surface area contributed by atoms with E-state index in [4.69, 9.17) is 26.1 Å². The molecule has 4 aromatic rings. The van der Waals surface area contributed by atoms with Crippen LogP contribution in [0.3, 0.4) is 0 Å². The SMILES string of the molecule is Cc1ccc(C(C)C)c(OCCCCn2c(CCCNC(=O)COc3ccc(Cl)cc3)nc3ccccc32)c1. The third kappa shape index (κ3) is 8.24. The third-order valence-electron chi connectivity index (χ3n) is 6.64. The standard InChI is InChI=1S/C32H38ClN3O3/c1-23(2)27-17-12-24(3)21-30(27)38-20-7-6-19-36-29-10-5-4-9-28(29)35-31(36)11-8-18-34-32(37)22-39-26-15-13-25(33)14-16-26/h4-5,9-10,12-17,21,23H,6-8,11,18-20,22H2,1-3H3,(H,34,37). The van der Waals surface area contributed by atoms with Crippen LogP contribution in [0.25, 0.3) is 11.0 Å². The van der Waals surface area contributed by atoms with Crippen molar-refractivity contribution < 1.29 is 14.3 Å². The van der Waals surface area contributed by atoms with Gasteiger partial charge in [-0.05, 0) is 85.7 Å². The van der Waals surface area contributed by atoms with E-state index in [1.54, 1.807) is 24.3 Å². The molecule has 0 unspecified atom stereocenters. The van der Waals surface area contributed by atoms with Gasteiger partial charge in [0.25, 0.3) is 5.91 Å². The van der Waals surface area contributed by atoms with Crippen molar-refractivity contribution in [2.24, 2.45) is 0 Å². The molecule has 0 aliphatic carbocycles. The van der Waals surface area contributed by atoms with Crippen molar-refractivity contribution in [3.05, 3.63) is 88.7 Å². The summed E-state index contributed by atoms with van der Waals surface area (Å²) in [5.41, 5.74) is 4.63. The first kappa shape index (κ1) is 28.5. The van der Waals surface area contributed by atoms with Crippen LogP contribution in [-0.2, 0) is 17.8 Å². The highest BCUT2D eigenvalue weighted by atomic mass is 35.5. The summed E-state index contributed by atoms with van der Waals surface area (Å²) in [6, 6.07) is 21.7. The largest absolute Gasteiger partial charge is 0.493 e. The fraction of sp³-hybridized carbons (Fsp3) is 0.375. The van der Waals surface area contributed by atoms with Gasteiger partial charge in [0.2, 0.25) is 0 Å². The maximum absolute atomic E-state index is 12.2. The van der Waals surface area contributed by atoms with E-state index >= 15 is 0 Å². The van der Waals surface area contributed by atoms with Crippen molar-refractivity contribution in [3.63, 3.8) is 0 Å². The lowest BCUT2D eigenvalue weighted by molar-refractivity contribution is -0.123. The van der Waals surface area contributed by atoms with Crippen molar-refractivity contribution in [2.75, 3.05) is 19.8 Å². The molecule has 0 saturated heterocycles. The third-order valence-corrected chi connectivity index (χ3v) is 6.89. The summed E-state index contributed by atoms with van der Waals surface area (Å²) in [5.74, 6) is 2.95. The molecule has 3 aromatic carbocycles. The van der Waals surface area contributed by atoms with Gasteiger partial charge in [0.15, 0.2) is 6.61 Å². The number of halogens is 1. The fourth-order valence-corrected chi connectivity index (χ4v) is 4.69. The van der Waals surface area contributed by atoms with Gasteiger partial charge >= 0.3 is 0 Å². The van der Waals surface area contributed by atoms with Crippen LogP contribution in [0, 0.1) is 6.92 Å². The normalized spacial score (nSPS) is 11.2. The first-order valence-corrected chi connectivity index (χ1v) is 14.1. The number of rotatable bonds is 14. The van der Waals surface area contributed by atoms with Crippen LogP contribution in [0.1, 0.15) is 56.0 Å². The number of carbonyl (C=O) groups is 1. The first-order chi connectivity index (χ1) is 18.9. The monoisotopic (exact) mass is 547 g/mol. The van der Waals surface area contributed by atoms with Crippen LogP contribution in [0.15, 0.2) is 66.7 Å². The maximum atomic E-state index is 12.2. The molecule has 0 saturated carbocycles. The molecule has 4 rings (SSSR count). The molecule has 0 radical (unpaired) electrons. The van der Waals surface area contributed by atoms with Crippen molar-refractivity contribution in [1.29, 1.82) is 0 Å². The zero-order chi connectivity index (χ0) is 27.6. The van der Waals surface area contributed by atoms with Crippen molar-refractivity contribution in [2.45, 2.75) is 58.9 Å². The Morgan fingerprint density at radius 1 is 1.00 bits per heavy atom. The average molecular weight is 548 g/mol. The highest BCUT2D eigenvalue weighted by molar-refractivity contribution is 6.30. The molecule has 0 aliphatic heterocycles. The van der Waals surface area contributed by atoms with Gasteiger partial charge in [-0.1, -0.05) is 49.7 Å². The number of hydrogen-bond acceptors (Lipinski definition) is 4. The number of benzene rings is 3. The second-order valence-corrected chi connectivity index (χ2v) is 10.6. The van der Waals surface area contributed by atoms with E-state index in [1.807, 2.05) is 6.07 Å². The molecule has 7 heteroatoms. The van der Waals surface area contributed by atoms with Gasteiger partial charge in [0.1, 0.15) is 17.3 Å². The van der Waals surface area contributed by atoms with E-state index in [9.17, 15) is 4.79 Å². The topological polar surface area (TPSA) is 65.4 Å². The minimum atomic E-state index is -0.146. The Bertz CT molecular complexity index is 1370. The molecule has 1 N–H and O–H groups in total. The summed E-state index contributed by atoms with van der Waals surface area (Å²) in [5, 5.41) is 3.57. The van der Waals surface area contributed by atoms with Crippen molar-refractivity contribution in [3.8, 4) is 11.5 Å². The second kappa shape index (κ2) is 14.0. The Labute approximate surface area is 236 Å². The van der Waals surface area contributed by atoms with Crippen LogP contribution in [-0.4, -0.2) is 35.2 Å². The number of amides is 1. The molecular formula is C32H38ClN3O3. The second-order valence-electron chi connectivity index (χ2n) is 10.1. The number of hydrogen-bond donors (Lipinski definition) is 1. The first-order valence-electron chi connectivity index (χ1n) is 13.7. The molecule has 0 aliphatic rings. The van der Waals surface area contributed by atoms with E-state index < -0.39 is 0 Å². The Hall–Kier alpha value is -3.51. The van der Waals surface area contributed by atoms with Crippen LogP contribution in [0.4, 0.5) is 0 Å². The van der Waals surface area contributed by atoms with Gasteiger partial charge in [-0.25, -0.2) is 4.98 Å². The lowest BCUT2D eigenvalue weighted by Crippen LogP contribution is -2.30. The number of fused-ring (bicyclic) bond motifs is 1. The summed E-state index contributed by atoms with van der Waals surface area (Å²) in [6.45, 7) is 8.61. The molecule has 0 bridgehead atoms. The number of aromatic nitrogens is 2. The Balaban J connectivity index is 1.25. The molecule has 6 nitrogen and oxygen atoms in total. The minimum Gasteiger partial charge on any atom is -0.493 e. The van der Waals surface area contributed by atoms with Crippen molar-refractivity contribution in [1.82, 2.24) is 14.9 Å². The van der Waals surface area contributed by atoms with Crippen LogP contribution in [0.5, 0.6) is 11.5 Å². The fourth-order valence-electron chi connectivity index (χ4n) is 4.57. The lowest BCUT2D eigenvalue weighted by atomic mass is 10.0. The molecule has 39 heavy (non-hydrogen) atoms. The predicted octanol–water partition coefficient (Wildman–Crippen LogP) is 7.11.